The van der Waals surface area contributed by atoms with Crippen LogP contribution in [0.2, 0.25) is 0 Å². The van der Waals surface area contributed by atoms with Crippen molar-refractivity contribution in [2.45, 2.75) is 18.6 Å². The van der Waals surface area contributed by atoms with Crippen molar-refractivity contribution in [1.29, 1.82) is 0 Å². The number of benzene rings is 1. The van der Waals surface area contributed by atoms with Crippen LogP contribution in [-0.4, -0.2) is 28.8 Å². The summed E-state index contributed by atoms with van der Waals surface area (Å²) in [5.74, 6) is -1.02. The Hall–Kier alpha value is -1.43. The van der Waals surface area contributed by atoms with E-state index in [4.69, 9.17) is 16.6 Å². The lowest BCUT2D eigenvalue weighted by Gasteiger charge is -2.10. The molecule has 1 aromatic carbocycles. The molecule has 0 aliphatic carbocycles. The number of nitrogens with two attached hydrogens (primary N) is 2. The van der Waals surface area contributed by atoms with Crippen LogP contribution in [0.5, 0.6) is 0 Å². The summed E-state index contributed by atoms with van der Waals surface area (Å²) < 4.78 is 0. The molecule has 0 heterocycles. The molecule has 0 fully saturated rings. The average molecular weight is 224 g/mol. The van der Waals surface area contributed by atoms with Gasteiger partial charge in [-0.25, -0.2) is 0 Å². The molecule has 1 unspecified atom stereocenters. The highest BCUT2D eigenvalue weighted by Gasteiger charge is 2.12. The number of carboxylic acid groups (broad SMARTS) is 1. The van der Waals surface area contributed by atoms with Gasteiger partial charge in [-0.15, -0.1) is 0 Å². The van der Waals surface area contributed by atoms with Gasteiger partial charge in [0.1, 0.15) is 6.04 Å². The van der Waals surface area contributed by atoms with Crippen molar-refractivity contribution in [2.24, 2.45) is 11.5 Å². The zero-order chi connectivity index (χ0) is 12.1. The highest BCUT2D eigenvalue weighted by atomic mass is 16.4. The number of aliphatic hydroxyl groups is 1. The van der Waals surface area contributed by atoms with Gasteiger partial charge in [0.2, 0.25) is 0 Å². The summed E-state index contributed by atoms with van der Waals surface area (Å²) in [7, 11) is 0. The van der Waals surface area contributed by atoms with E-state index in [1.807, 2.05) is 0 Å². The Kier molecular flexibility index (Phi) is 4.42. The molecule has 0 amide bonds. The first kappa shape index (κ1) is 12.6. The number of aliphatic hydroxyl groups excluding tert-OH is 1. The van der Waals surface area contributed by atoms with E-state index in [0.29, 0.717) is 0 Å². The molecule has 16 heavy (non-hydrogen) atoms. The number of carbonyl (C=O) groups is 1. The van der Waals surface area contributed by atoms with E-state index in [-0.39, 0.29) is 13.0 Å². The van der Waals surface area contributed by atoms with Crippen LogP contribution in [0.25, 0.3) is 0 Å². The minimum Gasteiger partial charge on any atom is -0.480 e. The van der Waals surface area contributed by atoms with E-state index in [1.54, 1.807) is 24.3 Å². The molecule has 0 spiro atoms. The van der Waals surface area contributed by atoms with Gasteiger partial charge in [-0.2, -0.15) is 0 Å². The predicted molar refractivity (Wildman–Crippen MR) is 59.8 cm³/mol. The van der Waals surface area contributed by atoms with Crippen molar-refractivity contribution in [3.8, 4) is 0 Å². The first-order valence-corrected chi connectivity index (χ1v) is 5.00. The normalized spacial score (nSPS) is 14.4. The molecule has 88 valence electrons. The van der Waals surface area contributed by atoms with Gasteiger partial charge < -0.3 is 21.7 Å². The number of hydrogen-bond donors (Lipinski definition) is 4. The lowest BCUT2D eigenvalue weighted by Crippen LogP contribution is -2.32. The third kappa shape index (κ3) is 3.30. The predicted octanol–water partition coefficient (Wildman–Crippen LogP) is -0.367. The van der Waals surface area contributed by atoms with Gasteiger partial charge in [0, 0.05) is 6.54 Å². The third-order valence-corrected chi connectivity index (χ3v) is 2.36. The van der Waals surface area contributed by atoms with Crippen molar-refractivity contribution in [1.82, 2.24) is 0 Å². The Morgan fingerprint density at radius 2 is 1.88 bits per heavy atom. The van der Waals surface area contributed by atoms with Crippen LogP contribution in [0.3, 0.4) is 0 Å². The number of rotatable bonds is 5. The van der Waals surface area contributed by atoms with Gasteiger partial charge in [-0.3, -0.25) is 4.79 Å². The molecule has 2 atom stereocenters. The Bertz CT molecular complexity index is 351. The number of hydrogen-bond acceptors (Lipinski definition) is 4. The molecule has 0 saturated carbocycles. The minimum absolute atomic E-state index is 0.161. The highest BCUT2D eigenvalue weighted by Crippen LogP contribution is 2.13. The summed E-state index contributed by atoms with van der Waals surface area (Å²) in [5, 5.41) is 18.1. The maximum atomic E-state index is 10.5. The molecular weight excluding hydrogens is 208 g/mol. The fourth-order valence-electron chi connectivity index (χ4n) is 1.35. The monoisotopic (exact) mass is 224 g/mol. The van der Waals surface area contributed by atoms with Crippen molar-refractivity contribution < 1.29 is 15.0 Å². The molecule has 0 aromatic heterocycles. The largest absolute Gasteiger partial charge is 0.480 e. The summed E-state index contributed by atoms with van der Waals surface area (Å²) in [4.78, 5) is 10.5. The summed E-state index contributed by atoms with van der Waals surface area (Å²) >= 11 is 0. The molecule has 6 N–H and O–H groups in total. The summed E-state index contributed by atoms with van der Waals surface area (Å²) in [5.41, 5.74) is 12.3. The zero-order valence-corrected chi connectivity index (χ0v) is 8.84. The third-order valence-electron chi connectivity index (χ3n) is 2.36. The van der Waals surface area contributed by atoms with Crippen LogP contribution >= 0.6 is 0 Å². The standard InChI is InChI=1S/C11H16N2O3/c12-6-10(14)8-3-1-7(2-4-8)5-9(13)11(15)16/h1-4,9-10,14H,5-6,12-13H2,(H,15,16)/t9-,10?/m0/s1. The highest BCUT2D eigenvalue weighted by molar-refractivity contribution is 5.73. The molecule has 0 saturated heterocycles. The maximum absolute atomic E-state index is 10.5. The van der Waals surface area contributed by atoms with Gasteiger partial charge >= 0.3 is 5.97 Å². The molecule has 1 rings (SSSR count). The van der Waals surface area contributed by atoms with E-state index in [2.05, 4.69) is 0 Å². The lowest BCUT2D eigenvalue weighted by atomic mass is 10.0. The SMILES string of the molecule is NCC(O)c1ccc(C[C@H](N)C(=O)O)cc1. The second-order valence-corrected chi connectivity index (χ2v) is 3.64. The van der Waals surface area contributed by atoms with Crippen LogP contribution < -0.4 is 11.5 Å². The van der Waals surface area contributed by atoms with Crippen LogP contribution in [0, 0.1) is 0 Å². The quantitative estimate of drug-likeness (QED) is 0.545. The molecule has 5 nitrogen and oxygen atoms in total. The van der Waals surface area contributed by atoms with Crippen LogP contribution in [0.1, 0.15) is 17.2 Å². The van der Waals surface area contributed by atoms with Crippen molar-refractivity contribution in [3.63, 3.8) is 0 Å². The van der Waals surface area contributed by atoms with Crippen molar-refractivity contribution in [2.75, 3.05) is 6.54 Å². The van der Waals surface area contributed by atoms with Crippen LogP contribution in [-0.2, 0) is 11.2 Å². The Morgan fingerprint density at radius 3 is 2.31 bits per heavy atom. The molecule has 0 aliphatic heterocycles. The average Bonchev–Trinajstić information content (AvgIpc) is 2.28. The lowest BCUT2D eigenvalue weighted by molar-refractivity contribution is -0.138. The van der Waals surface area contributed by atoms with Gasteiger partial charge in [0.15, 0.2) is 0 Å². The van der Waals surface area contributed by atoms with Crippen LogP contribution in [0.15, 0.2) is 24.3 Å². The first-order valence-electron chi connectivity index (χ1n) is 5.00. The van der Waals surface area contributed by atoms with E-state index >= 15 is 0 Å². The number of carboxylic acids is 1. The van der Waals surface area contributed by atoms with E-state index < -0.39 is 18.1 Å². The fraction of sp³-hybridized carbons (Fsp3) is 0.364. The van der Waals surface area contributed by atoms with Gasteiger partial charge in [-0.05, 0) is 17.5 Å². The smallest absolute Gasteiger partial charge is 0.320 e. The molecule has 0 aliphatic rings. The van der Waals surface area contributed by atoms with Gasteiger partial charge in [-0.1, -0.05) is 24.3 Å². The van der Waals surface area contributed by atoms with E-state index in [1.165, 1.54) is 0 Å². The summed E-state index contributed by atoms with van der Waals surface area (Å²) in [6, 6.07) is 6.04. The zero-order valence-electron chi connectivity index (χ0n) is 8.84. The molecule has 0 radical (unpaired) electrons. The van der Waals surface area contributed by atoms with E-state index in [0.717, 1.165) is 11.1 Å². The topological polar surface area (TPSA) is 110 Å². The Morgan fingerprint density at radius 1 is 1.31 bits per heavy atom. The summed E-state index contributed by atoms with van der Waals surface area (Å²) in [6.45, 7) is 0.161. The molecule has 1 aromatic rings. The Labute approximate surface area is 93.7 Å². The second-order valence-electron chi connectivity index (χ2n) is 3.64. The van der Waals surface area contributed by atoms with Crippen LogP contribution in [0.4, 0.5) is 0 Å². The number of aliphatic carboxylic acids is 1. The van der Waals surface area contributed by atoms with Gasteiger partial charge in [0.05, 0.1) is 6.10 Å². The molecule has 0 bridgehead atoms. The van der Waals surface area contributed by atoms with E-state index in [9.17, 15) is 9.90 Å². The second kappa shape index (κ2) is 5.60. The van der Waals surface area contributed by atoms with Gasteiger partial charge in [0.25, 0.3) is 0 Å². The fourth-order valence-corrected chi connectivity index (χ4v) is 1.35. The Balaban J connectivity index is 2.68. The first-order chi connectivity index (χ1) is 7.54. The van der Waals surface area contributed by atoms with Crippen molar-refractivity contribution >= 4 is 5.97 Å². The van der Waals surface area contributed by atoms with Crippen molar-refractivity contribution in [3.05, 3.63) is 35.4 Å². The maximum Gasteiger partial charge on any atom is 0.320 e. The molecule has 5 heteroatoms. The summed E-state index contributed by atoms with van der Waals surface area (Å²) in [6.07, 6.45) is -0.406. The molecular formula is C11H16N2O3. The minimum atomic E-state index is -1.02.